The third kappa shape index (κ3) is 2.76. The van der Waals surface area contributed by atoms with Crippen LogP contribution in [-0.2, 0) is 0 Å². The van der Waals surface area contributed by atoms with Gasteiger partial charge >= 0.3 is 0 Å². The number of aromatic hydroxyl groups is 1. The molecule has 0 unspecified atom stereocenters. The Labute approximate surface area is 168 Å². The number of nitrogens with zero attached hydrogens (tertiary/aromatic N) is 2. The normalized spacial score (nSPS) is 12.5. The van der Waals surface area contributed by atoms with Crippen LogP contribution in [0.5, 0.6) is 5.88 Å². The summed E-state index contributed by atoms with van der Waals surface area (Å²) in [5, 5.41) is 10.5. The first-order valence-electron chi connectivity index (χ1n) is 9.32. The molecule has 0 saturated heterocycles. The van der Waals surface area contributed by atoms with E-state index < -0.39 is 11.7 Å². The van der Waals surface area contributed by atoms with Crippen LogP contribution in [0, 0.1) is 0 Å². The topological polar surface area (TPSA) is 79.6 Å². The highest BCUT2D eigenvalue weighted by Gasteiger charge is 2.38. The molecule has 6 heteroatoms. The predicted octanol–water partition coefficient (Wildman–Crippen LogP) is 3.75. The minimum absolute atomic E-state index is 0.0531. The van der Waals surface area contributed by atoms with Crippen molar-refractivity contribution < 1.29 is 19.5 Å². The third-order valence-corrected chi connectivity index (χ3v) is 5.20. The molecule has 0 aliphatic heterocycles. The Bertz CT molecular complexity index is 1170. The van der Waals surface area contributed by atoms with Gasteiger partial charge in [-0.15, -0.1) is 0 Å². The van der Waals surface area contributed by atoms with Crippen LogP contribution < -0.4 is 4.90 Å². The largest absolute Gasteiger partial charge is 0.494 e. The summed E-state index contributed by atoms with van der Waals surface area (Å²) < 4.78 is 0.986. The smallest absolute Gasteiger partial charge is 0.233 e. The monoisotopic (exact) mass is 388 g/mol. The number of fused-ring (bicyclic) bond motifs is 2. The zero-order valence-corrected chi connectivity index (χ0v) is 16.4. The zero-order chi connectivity index (χ0) is 20.9. The Morgan fingerprint density at radius 1 is 0.966 bits per heavy atom. The average molecular weight is 388 g/mol. The molecule has 6 nitrogen and oxygen atoms in total. The number of hydrogen-bond donors (Lipinski definition) is 1. The van der Waals surface area contributed by atoms with E-state index in [0.29, 0.717) is 5.69 Å². The summed E-state index contributed by atoms with van der Waals surface area (Å²) in [6, 6.07) is 13.1. The molecule has 2 aromatic carbocycles. The Morgan fingerprint density at radius 2 is 1.62 bits per heavy atom. The van der Waals surface area contributed by atoms with Gasteiger partial charge in [0, 0.05) is 38.0 Å². The molecule has 0 radical (unpaired) electrons. The molecule has 0 spiro atoms. The Balaban J connectivity index is 1.99. The molecule has 4 rings (SSSR count). The summed E-state index contributed by atoms with van der Waals surface area (Å²) in [6.07, 6.45) is 1.40. The molecular formula is C23H20N2O4. The second-order valence-electron chi connectivity index (χ2n) is 7.20. The maximum absolute atomic E-state index is 13.3. The molecular weight excluding hydrogens is 368 g/mol. The number of hydrogen-bond acceptors (Lipinski definition) is 5. The van der Waals surface area contributed by atoms with Crippen molar-refractivity contribution >= 4 is 23.2 Å². The van der Waals surface area contributed by atoms with E-state index in [1.54, 1.807) is 32.0 Å². The number of anilines is 1. The minimum Gasteiger partial charge on any atom is -0.494 e. The van der Waals surface area contributed by atoms with Crippen molar-refractivity contribution in [2.75, 3.05) is 19.0 Å². The lowest BCUT2D eigenvalue weighted by atomic mass is 9.83. The number of rotatable bonds is 3. The van der Waals surface area contributed by atoms with Gasteiger partial charge < -0.3 is 10.0 Å². The van der Waals surface area contributed by atoms with E-state index in [2.05, 4.69) is 0 Å². The molecule has 1 heterocycles. The number of carbonyl (C=O) groups excluding carboxylic acids is 3. The summed E-state index contributed by atoms with van der Waals surface area (Å²) in [4.78, 5) is 40.5. The molecule has 0 bridgehead atoms. The zero-order valence-electron chi connectivity index (χ0n) is 16.4. The number of carbonyl (C=O) groups is 3. The molecule has 29 heavy (non-hydrogen) atoms. The Morgan fingerprint density at radius 3 is 2.24 bits per heavy atom. The van der Waals surface area contributed by atoms with Gasteiger partial charge in [-0.2, -0.15) is 0 Å². The fourth-order valence-electron chi connectivity index (χ4n) is 3.72. The molecule has 1 N–H and O–H groups in total. The average Bonchev–Trinajstić information content (AvgIpc) is 3.08. The van der Waals surface area contributed by atoms with Gasteiger partial charge in [-0.25, -0.2) is 0 Å². The fraction of sp³-hybridized carbons (Fsp3) is 0.174. The van der Waals surface area contributed by atoms with Crippen molar-refractivity contribution in [1.29, 1.82) is 0 Å². The van der Waals surface area contributed by atoms with Crippen molar-refractivity contribution in [3.8, 4) is 17.0 Å². The Hall–Kier alpha value is -3.67. The minimum atomic E-state index is -0.479. The van der Waals surface area contributed by atoms with Crippen molar-refractivity contribution in [2.45, 2.75) is 13.3 Å². The van der Waals surface area contributed by atoms with Gasteiger partial charge in [0.15, 0.2) is 11.6 Å². The van der Waals surface area contributed by atoms with E-state index in [1.165, 1.54) is 6.20 Å². The standard InChI is InChI=1S/C23H20N2O4/c1-4-18(26)25-12-16-20(23(25)29)21(27)15-10-14(13-8-6-5-7-9-13)11-17(24(2)3)19(15)22(16)28/h5-12,29H,4H2,1-3H3. The van der Waals surface area contributed by atoms with Gasteiger partial charge in [-0.05, 0) is 23.3 Å². The van der Waals surface area contributed by atoms with Crippen LogP contribution in [0.3, 0.4) is 0 Å². The molecule has 0 atom stereocenters. The highest BCUT2D eigenvalue weighted by Crippen LogP contribution is 2.40. The summed E-state index contributed by atoms with van der Waals surface area (Å²) in [5.74, 6) is -1.71. The summed E-state index contributed by atoms with van der Waals surface area (Å²) >= 11 is 0. The second-order valence-corrected chi connectivity index (χ2v) is 7.20. The van der Waals surface area contributed by atoms with E-state index in [1.807, 2.05) is 36.4 Å². The van der Waals surface area contributed by atoms with E-state index in [9.17, 15) is 19.5 Å². The predicted molar refractivity (Wildman–Crippen MR) is 110 cm³/mol. The quantitative estimate of drug-likeness (QED) is 0.578. The summed E-state index contributed by atoms with van der Waals surface area (Å²) in [6.45, 7) is 1.65. The van der Waals surface area contributed by atoms with Crippen molar-refractivity contribution in [3.63, 3.8) is 0 Å². The van der Waals surface area contributed by atoms with Crippen LogP contribution in [0.25, 0.3) is 11.1 Å². The van der Waals surface area contributed by atoms with E-state index in [-0.39, 0.29) is 40.4 Å². The maximum atomic E-state index is 13.3. The summed E-state index contributed by atoms with van der Waals surface area (Å²) in [7, 11) is 3.61. The molecule has 146 valence electrons. The first-order chi connectivity index (χ1) is 13.8. The third-order valence-electron chi connectivity index (χ3n) is 5.20. The van der Waals surface area contributed by atoms with Crippen LogP contribution in [0.1, 0.15) is 50.0 Å². The van der Waals surface area contributed by atoms with Gasteiger partial charge in [-0.3, -0.25) is 19.0 Å². The molecule has 3 aromatic rings. The van der Waals surface area contributed by atoms with Crippen molar-refractivity contribution in [1.82, 2.24) is 4.57 Å². The number of ketones is 2. The van der Waals surface area contributed by atoms with E-state index >= 15 is 0 Å². The molecule has 0 saturated carbocycles. The van der Waals surface area contributed by atoms with Gasteiger partial charge in [0.25, 0.3) is 0 Å². The Kier molecular flexibility index (Phi) is 4.34. The lowest BCUT2D eigenvalue weighted by molar-refractivity contribution is 0.0899. The van der Waals surface area contributed by atoms with E-state index in [0.717, 1.165) is 15.7 Å². The summed E-state index contributed by atoms with van der Waals surface area (Å²) in [5.41, 5.74) is 2.77. The van der Waals surface area contributed by atoms with Crippen LogP contribution in [-0.4, -0.2) is 41.2 Å². The molecule has 1 aliphatic rings. The fourth-order valence-corrected chi connectivity index (χ4v) is 3.72. The van der Waals surface area contributed by atoms with Crippen LogP contribution in [0.15, 0.2) is 48.7 Å². The molecule has 1 aromatic heterocycles. The molecule has 1 aliphatic carbocycles. The first-order valence-corrected chi connectivity index (χ1v) is 9.32. The van der Waals surface area contributed by atoms with Gasteiger partial charge in [0.1, 0.15) is 0 Å². The lowest BCUT2D eigenvalue weighted by Gasteiger charge is -2.23. The second kappa shape index (κ2) is 6.74. The van der Waals surface area contributed by atoms with Crippen molar-refractivity contribution in [3.05, 3.63) is 70.9 Å². The van der Waals surface area contributed by atoms with Crippen LogP contribution in [0.4, 0.5) is 5.69 Å². The lowest BCUT2D eigenvalue weighted by Crippen LogP contribution is -2.24. The highest BCUT2D eigenvalue weighted by atomic mass is 16.3. The van der Waals surface area contributed by atoms with Gasteiger partial charge in [-0.1, -0.05) is 37.3 Å². The highest BCUT2D eigenvalue weighted by molar-refractivity contribution is 6.31. The van der Waals surface area contributed by atoms with Gasteiger partial charge in [0.05, 0.1) is 16.7 Å². The maximum Gasteiger partial charge on any atom is 0.233 e. The molecule has 0 fully saturated rings. The SMILES string of the molecule is CCC(=O)n1cc2c(c1O)C(=O)c1cc(-c3ccccc3)cc(N(C)C)c1C2=O. The van der Waals surface area contributed by atoms with Crippen LogP contribution >= 0.6 is 0 Å². The first kappa shape index (κ1) is 18.7. The number of benzene rings is 2. The van der Waals surface area contributed by atoms with E-state index in [4.69, 9.17) is 0 Å². The van der Waals surface area contributed by atoms with Crippen molar-refractivity contribution in [2.24, 2.45) is 0 Å². The van der Waals surface area contributed by atoms with Gasteiger partial charge in [0.2, 0.25) is 11.8 Å². The number of aromatic nitrogens is 1. The molecule has 0 amide bonds. The van der Waals surface area contributed by atoms with Crippen LogP contribution in [0.2, 0.25) is 0 Å².